The number of para-hydroxylation sites is 1. The van der Waals surface area contributed by atoms with Crippen molar-refractivity contribution in [2.24, 2.45) is 17.3 Å². The van der Waals surface area contributed by atoms with Crippen molar-refractivity contribution in [2.45, 2.75) is 20.3 Å². The van der Waals surface area contributed by atoms with E-state index < -0.39 is 0 Å². The molecule has 2 rings (SSSR count). The molecule has 0 radical (unpaired) electrons. The Hall–Kier alpha value is -2.09. The summed E-state index contributed by atoms with van der Waals surface area (Å²) in [5, 5.41) is 0. The van der Waals surface area contributed by atoms with Gasteiger partial charge in [-0.15, -0.1) is 13.2 Å². The Labute approximate surface area is 127 Å². The molecule has 1 amide bonds. The minimum atomic E-state index is -0.122. The number of anilines is 1. The molecule has 0 N–H and O–H groups in total. The van der Waals surface area contributed by atoms with Crippen LogP contribution in [0.1, 0.15) is 20.3 Å². The van der Waals surface area contributed by atoms with Crippen LogP contribution in [0, 0.1) is 17.3 Å². The van der Waals surface area contributed by atoms with Gasteiger partial charge >= 0.3 is 0 Å². The highest BCUT2D eigenvalue weighted by atomic mass is 16.2. The number of carbonyl (C=O) groups is 1. The molecule has 0 unspecified atom stereocenters. The zero-order valence-electron chi connectivity index (χ0n) is 12.8. The smallest absolute Gasteiger partial charge is 0.235 e. The summed E-state index contributed by atoms with van der Waals surface area (Å²) in [4.78, 5) is 14.6. The largest absolute Gasteiger partial charge is 0.288 e. The van der Waals surface area contributed by atoms with Gasteiger partial charge < -0.3 is 0 Å². The van der Waals surface area contributed by atoms with Crippen LogP contribution >= 0.6 is 0 Å². The van der Waals surface area contributed by atoms with Crippen molar-refractivity contribution < 1.29 is 4.79 Å². The number of nitrogens with zero attached hydrogens (tertiary/aromatic N) is 1. The van der Waals surface area contributed by atoms with E-state index in [1.807, 2.05) is 48.7 Å². The summed E-state index contributed by atoms with van der Waals surface area (Å²) in [7, 11) is 0. The normalized spacial score (nSPS) is 22.2. The Balaban J connectivity index is 2.39. The van der Waals surface area contributed by atoms with Crippen molar-refractivity contribution in [3.05, 3.63) is 67.9 Å². The standard InChI is InChI=1S/C19H23NO/c1-5-10-16-17(19(3,4)6-2)13-14-20(18(16)21)15-11-8-7-9-12-15/h5-9,11-14,16-17H,1-2,10H2,3-4H3/t16-,17+/m1/s1. The summed E-state index contributed by atoms with van der Waals surface area (Å²) < 4.78 is 0. The number of carbonyl (C=O) groups excluding carboxylic acids is 1. The lowest BCUT2D eigenvalue weighted by molar-refractivity contribution is -0.124. The third-order valence-corrected chi connectivity index (χ3v) is 4.27. The average molecular weight is 281 g/mol. The van der Waals surface area contributed by atoms with E-state index in [4.69, 9.17) is 0 Å². The topological polar surface area (TPSA) is 20.3 Å². The molecule has 110 valence electrons. The minimum absolute atomic E-state index is 0.0966. The van der Waals surface area contributed by atoms with Crippen molar-refractivity contribution in [2.75, 3.05) is 4.90 Å². The van der Waals surface area contributed by atoms with E-state index in [0.717, 1.165) is 5.69 Å². The van der Waals surface area contributed by atoms with Crippen molar-refractivity contribution in [3.8, 4) is 0 Å². The van der Waals surface area contributed by atoms with Gasteiger partial charge in [0.25, 0.3) is 0 Å². The lowest BCUT2D eigenvalue weighted by Gasteiger charge is -2.40. The third-order valence-electron chi connectivity index (χ3n) is 4.27. The van der Waals surface area contributed by atoms with Gasteiger partial charge in [0.1, 0.15) is 0 Å². The van der Waals surface area contributed by atoms with Crippen molar-refractivity contribution in [1.29, 1.82) is 0 Å². The third kappa shape index (κ3) is 2.99. The van der Waals surface area contributed by atoms with Gasteiger partial charge in [-0.2, -0.15) is 0 Å². The number of hydrogen-bond acceptors (Lipinski definition) is 1. The van der Waals surface area contributed by atoms with Gasteiger partial charge in [-0.3, -0.25) is 9.69 Å². The first-order valence-corrected chi connectivity index (χ1v) is 7.32. The van der Waals surface area contributed by atoms with Crippen LogP contribution in [0.25, 0.3) is 0 Å². The summed E-state index contributed by atoms with van der Waals surface area (Å²) in [6, 6.07) is 9.74. The molecular weight excluding hydrogens is 258 g/mol. The van der Waals surface area contributed by atoms with Crippen LogP contribution in [0.3, 0.4) is 0 Å². The molecular formula is C19H23NO. The molecule has 21 heavy (non-hydrogen) atoms. The Morgan fingerprint density at radius 3 is 2.48 bits per heavy atom. The van der Waals surface area contributed by atoms with Crippen LogP contribution in [-0.2, 0) is 4.79 Å². The second-order valence-electron chi connectivity index (χ2n) is 6.07. The van der Waals surface area contributed by atoms with Gasteiger partial charge in [-0.1, -0.05) is 50.3 Å². The van der Waals surface area contributed by atoms with Gasteiger partial charge in [0.15, 0.2) is 0 Å². The number of benzene rings is 1. The maximum atomic E-state index is 12.9. The Morgan fingerprint density at radius 2 is 1.90 bits per heavy atom. The molecule has 1 aliphatic heterocycles. The fourth-order valence-corrected chi connectivity index (χ4v) is 2.85. The number of allylic oxidation sites excluding steroid dienone is 3. The van der Waals surface area contributed by atoms with Gasteiger partial charge in [0, 0.05) is 17.8 Å². The first-order valence-electron chi connectivity index (χ1n) is 7.32. The second kappa shape index (κ2) is 6.13. The Morgan fingerprint density at radius 1 is 1.24 bits per heavy atom. The van der Waals surface area contributed by atoms with Crippen LogP contribution < -0.4 is 4.90 Å². The summed E-state index contributed by atoms with van der Waals surface area (Å²) in [6.45, 7) is 12.0. The molecule has 1 aromatic carbocycles. The Bertz CT molecular complexity index is 556. The maximum absolute atomic E-state index is 12.9. The van der Waals surface area contributed by atoms with Crippen molar-refractivity contribution >= 4 is 11.6 Å². The maximum Gasteiger partial charge on any atom is 0.235 e. The minimum Gasteiger partial charge on any atom is -0.288 e. The van der Waals surface area contributed by atoms with Crippen LogP contribution in [0.5, 0.6) is 0 Å². The summed E-state index contributed by atoms with van der Waals surface area (Å²) in [6.07, 6.45) is 8.46. The molecule has 0 saturated heterocycles. The molecule has 1 aromatic rings. The quantitative estimate of drug-likeness (QED) is 0.724. The van der Waals surface area contributed by atoms with Crippen LogP contribution in [0.15, 0.2) is 67.9 Å². The molecule has 2 heteroatoms. The number of hydrogen-bond donors (Lipinski definition) is 0. The second-order valence-corrected chi connectivity index (χ2v) is 6.07. The van der Waals surface area contributed by atoms with E-state index in [1.165, 1.54) is 0 Å². The number of rotatable bonds is 5. The molecule has 1 heterocycles. The predicted octanol–water partition coefficient (Wildman–Crippen LogP) is 4.57. The predicted molar refractivity (Wildman–Crippen MR) is 88.8 cm³/mol. The van der Waals surface area contributed by atoms with Gasteiger partial charge in [0.2, 0.25) is 5.91 Å². The molecule has 2 nitrogen and oxygen atoms in total. The molecule has 0 spiro atoms. The molecule has 1 aliphatic rings. The Kier molecular flexibility index (Phi) is 4.46. The highest BCUT2D eigenvalue weighted by Crippen LogP contribution is 2.40. The average Bonchev–Trinajstić information content (AvgIpc) is 2.50. The fraction of sp³-hybridized carbons (Fsp3) is 0.316. The summed E-state index contributed by atoms with van der Waals surface area (Å²) >= 11 is 0. The van der Waals surface area contributed by atoms with Crippen molar-refractivity contribution in [1.82, 2.24) is 0 Å². The van der Waals surface area contributed by atoms with E-state index in [2.05, 4.69) is 33.1 Å². The number of amides is 1. The van der Waals surface area contributed by atoms with Gasteiger partial charge in [-0.05, 0) is 29.9 Å². The molecule has 0 saturated carbocycles. The van der Waals surface area contributed by atoms with E-state index in [1.54, 1.807) is 4.90 Å². The van der Waals surface area contributed by atoms with Crippen LogP contribution in [-0.4, -0.2) is 5.91 Å². The zero-order chi connectivity index (χ0) is 15.5. The highest BCUT2D eigenvalue weighted by molar-refractivity contribution is 5.98. The molecule has 0 fully saturated rings. The fourth-order valence-electron chi connectivity index (χ4n) is 2.85. The van der Waals surface area contributed by atoms with E-state index in [9.17, 15) is 4.79 Å². The van der Waals surface area contributed by atoms with Crippen molar-refractivity contribution in [3.63, 3.8) is 0 Å². The van der Waals surface area contributed by atoms with Gasteiger partial charge in [-0.25, -0.2) is 0 Å². The van der Waals surface area contributed by atoms with E-state index in [0.29, 0.717) is 6.42 Å². The van der Waals surface area contributed by atoms with E-state index >= 15 is 0 Å². The SMILES string of the molecule is C=CC[C@H]1C(=O)N(c2ccccc2)C=C[C@@H]1C(C)(C)C=C. The van der Waals surface area contributed by atoms with Crippen LogP contribution in [0.4, 0.5) is 5.69 Å². The van der Waals surface area contributed by atoms with E-state index in [-0.39, 0.29) is 23.2 Å². The zero-order valence-corrected chi connectivity index (χ0v) is 12.8. The monoisotopic (exact) mass is 281 g/mol. The van der Waals surface area contributed by atoms with Crippen LogP contribution in [0.2, 0.25) is 0 Å². The molecule has 0 bridgehead atoms. The first-order chi connectivity index (χ1) is 10.0. The lowest BCUT2D eigenvalue weighted by atomic mass is 9.69. The first kappa shape index (κ1) is 15.3. The van der Waals surface area contributed by atoms with Gasteiger partial charge in [0.05, 0.1) is 0 Å². The molecule has 0 aromatic heterocycles. The molecule has 2 atom stereocenters. The summed E-state index contributed by atoms with van der Waals surface area (Å²) in [5.74, 6) is 0.171. The summed E-state index contributed by atoms with van der Waals surface area (Å²) in [5.41, 5.74) is 0.783. The highest BCUT2D eigenvalue weighted by Gasteiger charge is 2.39. The molecule has 0 aliphatic carbocycles. The lowest BCUT2D eigenvalue weighted by Crippen LogP contribution is -2.43.